The number of carboxylic acids is 1. The molecule has 0 fully saturated rings. The van der Waals surface area contributed by atoms with Crippen molar-refractivity contribution in [1.82, 2.24) is 5.32 Å². The fraction of sp³-hybridized carbons (Fsp3) is 0.385. The molecule has 0 saturated heterocycles. The molecule has 3 N–H and O–H groups in total. The van der Waals surface area contributed by atoms with Gasteiger partial charge in [-0.05, 0) is 24.5 Å². The van der Waals surface area contributed by atoms with Gasteiger partial charge in [0.15, 0.2) is 0 Å². The summed E-state index contributed by atoms with van der Waals surface area (Å²) in [5.41, 5.74) is 0.00804. The van der Waals surface area contributed by atoms with Crippen LogP contribution in [0.5, 0.6) is 0 Å². The standard InChI is InChI=1S/C13H17FN2O3/c1-8(2)7-11(12(17)18)16-13(19)15-10-6-4-3-5-9(10)14/h3-6,8,11H,7H2,1-2H3,(H,17,18)(H2,15,16,19)/t11-/m1/s1. The van der Waals surface area contributed by atoms with E-state index >= 15 is 0 Å². The summed E-state index contributed by atoms with van der Waals surface area (Å²) >= 11 is 0. The van der Waals surface area contributed by atoms with Crippen LogP contribution >= 0.6 is 0 Å². The van der Waals surface area contributed by atoms with Crippen molar-refractivity contribution in [3.63, 3.8) is 0 Å². The van der Waals surface area contributed by atoms with Crippen molar-refractivity contribution in [2.45, 2.75) is 26.3 Å². The number of amides is 2. The van der Waals surface area contributed by atoms with Crippen LogP contribution in [0.3, 0.4) is 0 Å². The molecule has 1 rings (SSSR count). The van der Waals surface area contributed by atoms with Crippen molar-refractivity contribution >= 4 is 17.7 Å². The van der Waals surface area contributed by atoms with E-state index in [4.69, 9.17) is 5.11 Å². The molecule has 104 valence electrons. The predicted octanol–water partition coefficient (Wildman–Crippen LogP) is 2.45. The van der Waals surface area contributed by atoms with Crippen molar-refractivity contribution in [2.75, 3.05) is 5.32 Å². The smallest absolute Gasteiger partial charge is 0.326 e. The number of carboxylic acid groups (broad SMARTS) is 1. The minimum Gasteiger partial charge on any atom is -0.480 e. The molecule has 0 unspecified atom stereocenters. The number of hydrogen-bond donors (Lipinski definition) is 3. The van der Waals surface area contributed by atoms with E-state index in [9.17, 15) is 14.0 Å². The topological polar surface area (TPSA) is 78.4 Å². The maximum atomic E-state index is 13.3. The molecular formula is C13H17FN2O3. The number of anilines is 1. The summed E-state index contributed by atoms with van der Waals surface area (Å²) in [7, 11) is 0. The second-order valence-electron chi connectivity index (χ2n) is 4.60. The SMILES string of the molecule is CC(C)C[C@@H](NC(=O)Nc1ccccc1F)C(=O)O. The molecule has 0 heterocycles. The van der Waals surface area contributed by atoms with Gasteiger partial charge in [0, 0.05) is 0 Å². The number of nitrogens with one attached hydrogen (secondary N) is 2. The molecule has 1 aromatic rings. The zero-order valence-electron chi connectivity index (χ0n) is 10.8. The van der Waals surface area contributed by atoms with Gasteiger partial charge < -0.3 is 15.7 Å². The Kier molecular flexibility index (Phi) is 5.29. The molecule has 0 radical (unpaired) electrons. The average Bonchev–Trinajstić information content (AvgIpc) is 2.30. The molecule has 19 heavy (non-hydrogen) atoms. The van der Waals surface area contributed by atoms with Gasteiger partial charge in [-0.3, -0.25) is 0 Å². The first-order chi connectivity index (χ1) is 8.90. The van der Waals surface area contributed by atoms with Crippen LogP contribution in [0.25, 0.3) is 0 Å². The lowest BCUT2D eigenvalue weighted by Gasteiger charge is -2.17. The Labute approximate surface area is 110 Å². The van der Waals surface area contributed by atoms with Gasteiger partial charge in [0.1, 0.15) is 11.9 Å². The molecule has 0 aliphatic carbocycles. The number of benzene rings is 1. The van der Waals surface area contributed by atoms with Gasteiger partial charge in [0.2, 0.25) is 0 Å². The number of para-hydroxylation sites is 1. The van der Waals surface area contributed by atoms with Gasteiger partial charge in [-0.1, -0.05) is 26.0 Å². The number of halogens is 1. The third-order valence-electron chi connectivity index (χ3n) is 2.43. The first-order valence-electron chi connectivity index (χ1n) is 5.95. The van der Waals surface area contributed by atoms with Crippen LogP contribution in [0.1, 0.15) is 20.3 Å². The molecular weight excluding hydrogens is 251 g/mol. The minimum atomic E-state index is -1.11. The van der Waals surface area contributed by atoms with E-state index in [0.717, 1.165) is 0 Å². The van der Waals surface area contributed by atoms with Crippen LogP contribution < -0.4 is 10.6 Å². The highest BCUT2D eigenvalue weighted by Gasteiger charge is 2.21. The summed E-state index contributed by atoms with van der Waals surface area (Å²) in [5, 5.41) is 13.6. The third-order valence-corrected chi connectivity index (χ3v) is 2.43. The zero-order valence-corrected chi connectivity index (χ0v) is 10.8. The van der Waals surface area contributed by atoms with Crippen LogP contribution in [-0.4, -0.2) is 23.1 Å². The molecule has 0 aliphatic rings. The lowest BCUT2D eigenvalue weighted by molar-refractivity contribution is -0.139. The van der Waals surface area contributed by atoms with E-state index in [1.54, 1.807) is 6.07 Å². The maximum absolute atomic E-state index is 13.3. The maximum Gasteiger partial charge on any atom is 0.326 e. The van der Waals surface area contributed by atoms with E-state index in [2.05, 4.69) is 10.6 Å². The second kappa shape index (κ2) is 6.72. The molecule has 1 atom stereocenters. The average molecular weight is 268 g/mol. The first-order valence-corrected chi connectivity index (χ1v) is 5.95. The number of urea groups is 1. The molecule has 0 aliphatic heterocycles. The van der Waals surface area contributed by atoms with Crippen molar-refractivity contribution in [3.8, 4) is 0 Å². The fourth-order valence-electron chi connectivity index (χ4n) is 1.57. The van der Waals surface area contributed by atoms with Crippen LogP contribution in [0.2, 0.25) is 0 Å². The van der Waals surface area contributed by atoms with E-state index < -0.39 is 23.9 Å². The Morgan fingerprint density at radius 1 is 1.32 bits per heavy atom. The van der Waals surface area contributed by atoms with Crippen molar-refractivity contribution in [3.05, 3.63) is 30.1 Å². The monoisotopic (exact) mass is 268 g/mol. The van der Waals surface area contributed by atoms with E-state index in [0.29, 0.717) is 6.42 Å². The number of carbonyl (C=O) groups excluding carboxylic acids is 1. The minimum absolute atomic E-state index is 0.00804. The number of rotatable bonds is 5. The van der Waals surface area contributed by atoms with Gasteiger partial charge in [0.25, 0.3) is 0 Å². The quantitative estimate of drug-likeness (QED) is 0.767. The first kappa shape index (κ1) is 14.9. The lowest BCUT2D eigenvalue weighted by atomic mass is 10.0. The number of carbonyl (C=O) groups is 2. The Balaban J connectivity index is 2.63. The molecule has 0 saturated carbocycles. The lowest BCUT2D eigenvalue weighted by Crippen LogP contribution is -2.43. The summed E-state index contributed by atoms with van der Waals surface area (Å²) in [6.07, 6.45) is 0.306. The zero-order chi connectivity index (χ0) is 14.4. The molecule has 0 spiro atoms. The van der Waals surface area contributed by atoms with Crippen molar-refractivity contribution < 1.29 is 19.1 Å². The fourth-order valence-corrected chi connectivity index (χ4v) is 1.57. The van der Waals surface area contributed by atoms with E-state index in [1.165, 1.54) is 18.2 Å². The van der Waals surface area contributed by atoms with Crippen LogP contribution in [0.15, 0.2) is 24.3 Å². The number of aliphatic carboxylic acids is 1. The molecule has 1 aromatic carbocycles. The summed E-state index contributed by atoms with van der Waals surface area (Å²) in [4.78, 5) is 22.6. The number of hydrogen-bond acceptors (Lipinski definition) is 2. The summed E-state index contributed by atoms with van der Waals surface area (Å²) in [6, 6.07) is 3.94. The van der Waals surface area contributed by atoms with Gasteiger partial charge in [0.05, 0.1) is 5.69 Å². The molecule has 0 bridgehead atoms. The molecule has 6 heteroatoms. The Morgan fingerprint density at radius 2 is 1.95 bits per heavy atom. The highest BCUT2D eigenvalue weighted by Crippen LogP contribution is 2.12. The summed E-state index contributed by atoms with van der Waals surface area (Å²) in [6.45, 7) is 3.71. The normalized spacial score (nSPS) is 12.0. The van der Waals surface area contributed by atoms with E-state index in [1.807, 2.05) is 13.8 Å². The highest BCUT2D eigenvalue weighted by molar-refractivity contribution is 5.92. The van der Waals surface area contributed by atoms with Crippen LogP contribution in [0.4, 0.5) is 14.9 Å². The Hall–Kier alpha value is -2.11. The molecule has 5 nitrogen and oxygen atoms in total. The summed E-state index contributed by atoms with van der Waals surface area (Å²) in [5.74, 6) is -1.57. The third kappa shape index (κ3) is 4.95. The van der Waals surface area contributed by atoms with Gasteiger partial charge >= 0.3 is 12.0 Å². The second-order valence-corrected chi connectivity index (χ2v) is 4.60. The van der Waals surface area contributed by atoms with Crippen molar-refractivity contribution in [1.29, 1.82) is 0 Å². The molecule has 2 amide bonds. The van der Waals surface area contributed by atoms with Gasteiger partial charge in [-0.25, -0.2) is 14.0 Å². The van der Waals surface area contributed by atoms with Crippen LogP contribution in [0, 0.1) is 11.7 Å². The Morgan fingerprint density at radius 3 is 2.47 bits per heavy atom. The van der Waals surface area contributed by atoms with Crippen LogP contribution in [-0.2, 0) is 4.79 Å². The highest BCUT2D eigenvalue weighted by atomic mass is 19.1. The predicted molar refractivity (Wildman–Crippen MR) is 69.4 cm³/mol. The van der Waals surface area contributed by atoms with Gasteiger partial charge in [-0.15, -0.1) is 0 Å². The van der Waals surface area contributed by atoms with Gasteiger partial charge in [-0.2, -0.15) is 0 Å². The van der Waals surface area contributed by atoms with Crippen molar-refractivity contribution in [2.24, 2.45) is 5.92 Å². The Bertz CT molecular complexity index is 463. The summed E-state index contributed by atoms with van der Waals surface area (Å²) < 4.78 is 13.3. The largest absolute Gasteiger partial charge is 0.480 e. The molecule has 0 aromatic heterocycles. The van der Waals surface area contributed by atoms with E-state index in [-0.39, 0.29) is 11.6 Å².